The molecule has 7 heteroatoms. The molecule has 2 N–H and O–H groups in total. The molecule has 0 aliphatic heterocycles. The number of rotatable bonds is 7. The van der Waals surface area contributed by atoms with Gasteiger partial charge in [0.05, 0.1) is 11.8 Å². The Morgan fingerprint density at radius 2 is 1.95 bits per heavy atom. The fourth-order valence-electron chi connectivity index (χ4n) is 1.83. The van der Waals surface area contributed by atoms with Gasteiger partial charge in [-0.25, -0.2) is 8.42 Å². The molecule has 20 heavy (non-hydrogen) atoms. The lowest BCUT2D eigenvalue weighted by Crippen LogP contribution is -2.32. The standard InChI is InChI=1S/C13H19NO5S/c1-10(11-6-3-4-7-12(11)15)14(2)20(18,19)9-5-8-13(16)17/h3-4,6-7,10,15H,5,8-9H2,1-2H3,(H,16,17). The molecule has 0 bridgehead atoms. The topological polar surface area (TPSA) is 94.9 Å². The van der Waals surface area contributed by atoms with Gasteiger partial charge in [-0.1, -0.05) is 18.2 Å². The first-order chi connectivity index (χ1) is 9.25. The van der Waals surface area contributed by atoms with Crippen LogP contribution in [0.5, 0.6) is 5.75 Å². The maximum absolute atomic E-state index is 12.1. The highest BCUT2D eigenvalue weighted by molar-refractivity contribution is 7.89. The molecule has 1 aromatic carbocycles. The molecule has 0 aliphatic rings. The van der Waals surface area contributed by atoms with Crippen LogP contribution in [-0.4, -0.2) is 41.7 Å². The zero-order chi connectivity index (χ0) is 15.3. The van der Waals surface area contributed by atoms with Crippen LogP contribution in [0.2, 0.25) is 0 Å². The molecule has 1 unspecified atom stereocenters. The first kappa shape index (κ1) is 16.5. The highest BCUT2D eigenvalue weighted by Gasteiger charge is 2.25. The lowest BCUT2D eigenvalue weighted by Gasteiger charge is -2.25. The fourth-order valence-corrected chi connectivity index (χ4v) is 3.22. The quantitative estimate of drug-likeness (QED) is 0.797. The zero-order valence-corrected chi connectivity index (χ0v) is 12.3. The minimum absolute atomic E-state index is 0.0348. The van der Waals surface area contributed by atoms with Crippen molar-refractivity contribution in [3.63, 3.8) is 0 Å². The van der Waals surface area contributed by atoms with E-state index in [9.17, 15) is 18.3 Å². The Morgan fingerprint density at radius 3 is 2.50 bits per heavy atom. The van der Waals surface area contributed by atoms with Gasteiger partial charge in [0, 0.05) is 19.0 Å². The second kappa shape index (κ2) is 6.71. The number of aromatic hydroxyl groups is 1. The Kier molecular flexibility index (Phi) is 5.52. The molecule has 0 heterocycles. The molecule has 0 saturated carbocycles. The number of aliphatic carboxylic acids is 1. The molecule has 0 aromatic heterocycles. The number of nitrogens with zero attached hydrogens (tertiary/aromatic N) is 1. The number of para-hydroxylation sites is 1. The number of hydrogen-bond acceptors (Lipinski definition) is 4. The van der Waals surface area contributed by atoms with Gasteiger partial charge in [-0.05, 0) is 19.4 Å². The third-order valence-corrected chi connectivity index (χ3v) is 5.16. The van der Waals surface area contributed by atoms with Crippen molar-refractivity contribution in [2.24, 2.45) is 0 Å². The van der Waals surface area contributed by atoms with Gasteiger partial charge in [0.25, 0.3) is 0 Å². The Hall–Kier alpha value is -1.60. The van der Waals surface area contributed by atoms with E-state index < -0.39 is 22.0 Å². The van der Waals surface area contributed by atoms with Crippen molar-refractivity contribution in [2.45, 2.75) is 25.8 Å². The number of phenols is 1. The largest absolute Gasteiger partial charge is 0.508 e. The summed E-state index contributed by atoms with van der Waals surface area (Å²) in [6, 6.07) is 6.01. The summed E-state index contributed by atoms with van der Waals surface area (Å²) in [5.74, 6) is -1.21. The normalized spacial score (nSPS) is 13.3. The SMILES string of the molecule is CC(c1ccccc1O)N(C)S(=O)(=O)CCCC(=O)O. The zero-order valence-electron chi connectivity index (χ0n) is 11.5. The van der Waals surface area contributed by atoms with Gasteiger partial charge in [-0.2, -0.15) is 4.31 Å². The third kappa shape index (κ3) is 4.21. The van der Waals surface area contributed by atoms with Crippen LogP contribution in [-0.2, 0) is 14.8 Å². The fraction of sp³-hybridized carbons (Fsp3) is 0.462. The highest BCUT2D eigenvalue weighted by atomic mass is 32.2. The average molecular weight is 301 g/mol. The summed E-state index contributed by atoms with van der Waals surface area (Å²) in [5.41, 5.74) is 0.511. The van der Waals surface area contributed by atoms with E-state index in [0.717, 1.165) is 4.31 Å². The summed E-state index contributed by atoms with van der Waals surface area (Å²) in [4.78, 5) is 10.4. The monoisotopic (exact) mass is 301 g/mol. The van der Waals surface area contributed by atoms with Crippen LogP contribution < -0.4 is 0 Å². The van der Waals surface area contributed by atoms with Gasteiger partial charge in [0.2, 0.25) is 10.0 Å². The molecule has 1 rings (SSSR count). The van der Waals surface area contributed by atoms with E-state index in [1.165, 1.54) is 13.1 Å². The van der Waals surface area contributed by atoms with Gasteiger partial charge in [0.1, 0.15) is 5.75 Å². The van der Waals surface area contributed by atoms with Crippen LogP contribution in [0.15, 0.2) is 24.3 Å². The maximum atomic E-state index is 12.1. The van der Waals surface area contributed by atoms with E-state index in [-0.39, 0.29) is 24.3 Å². The molecule has 0 spiro atoms. The number of hydrogen-bond donors (Lipinski definition) is 2. The van der Waals surface area contributed by atoms with Gasteiger partial charge in [-0.3, -0.25) is 4.79 Å². The molecular formula is C13H19NO5S. The van der Waals surface area contributed by atoms with Crippen molar-refractivity contribution in [1.29, 1.82) is 0 Å². The van der Waals surface area contributed by atoms with E-state index in [1.807, 2.05) is 0 Å². The summed E-state index contributed by atoms with van der Waals surface area (Å²) in [6.45, 7) is 1.67. The van der Waals surface area contributed by atoms with E-state index in [2.05, 4.69) is 0 Å². The van der Waals surface area contributed by atoms with Crippen LogP contribution in [0.4, 0.5) is 0 Å². The molecule has 0 fully saturated rings. The van der Waals surface area contributed by atoms with E-state index in [1.54, 1.807) is 25.1 Å². The van der Waals surface area contributed by atoms with Crippen molar-refractivity contribution in [3.8, 4) is 5.75 Å². The number of carboxylic acid groups (broad SMARTS) is 1. The summed E-state index contributed by atoms with van der Waals surface area (Å²) >= 11 is 0. The summed E-state index contributed by atoms with van der Waals surface area (Å²) < 4.78 is 25.3. The van der Waals surface area contributed by atoms with Crippen molar-refractivity contribution in [3.05, 3.63) is 29.8 Å². The molecular weight excluding hydrogens is 282 g/mol. The maximum Gasteiger partial charge on any atom is 0.303 e. The van der Waals surface area contributed by atoms with Crippen molar-refractivity contribution >= 4 is 16.0 Å². The third-order valence-electron chi connectivity index (χ3n) is 3.16. The predicted molar refractivity (Wildman–Crippen MR) is 74.9 cm³/mol. The predicted octanol–water partition coefficient (Wildman–Crippen LogP) is 1.58. The Labute approximate surface area is 118 Å². The van der Waals surface area contributed by atoms with Crippen LogP contribution in [0.1, 0.15) is 31.4 Å². The smallest absolute Gasteiger partial charge is 0.303 e. The molecule has 0 amide bonds. The number of benzene rings is 1. The second-order valence-electron chi connectivity index (χ2n) is 4.56. The average Bonchev–Trinajstić information content (AvgIpc) is 2.37. The number of carboxylic acids is 1. The second-order valence-corrected chi connectivity index (χ2v) is 6.71. The van der Waals surface area contributed by atoms with Crippen LogP contribution >= 0.6 is 0 Å². The minimum Gasteiger partial charge on any atom is -0.508 e. The van der Waals surface area contributed by atoms with Gasteiger partial charge in [-0.15, -0.1) is 0 Å². The minimum atomic E-state index is -3.56. The lowest BCUT2D eigenvalue weighted by atomic mass is 10.1. The van der Waals surface area contributed by atoms with Crippen molar-refractivity contribution in [1.82, 2.24) is 4.31 Å². The lowest BCUT2D eigenvalue weighted by molar-refractivity contribution is -0.137. The van der Waals surface area contributed by atoms with Crippen molar-refractivity contribution < 1.29 is 23.4 Å². The van der Waals surface area contributed by atoms with Crippen LogP contribution in [0.25, 0.3) is 0 Å². The van der Waals surface area contributed by atoms with Crippen molar-refractivity contribution in [2.75, 3.05) is 12.8 Å². The van der Waals surface area contributed by atoms with Gasteiger partial charge in [0.15, 0.2) is 0 Å². The summed E-state index contributed by atoms with van der Waals surface area (Å²) in [7, 11) is -2.14. The first-order valence-corrected chi connectivity index (χ1v) is 7.82. The Bertz CT molecular complexity index is 570. The Balaban J connectivity index is 2.80. The van der Waals surface area contributed by atoms with Gasteiger partial charge < -0.3 is 10.2 Å². The summed E-state index contributed by atoms with van der Waals surface area (Å²) in [6.07, 6.45) is -0.118. The molecule has 1 atom stereocenters. The molecule has 112 valence electrons. The van der Waals surface area contributed by atoms with E-state index in [0.29, 0.717) is 5.56 Å². The number of carbonyl (C=O) groups is 1. The molecule has 0 radical (unpaired) electrons. The highest BCUT2D eigenvalue weighted by Crippen LogP contribution is 2.28. The van der Waals surface area contributed by atoms with E-state index >= 15 is 0 Å². The van der Waals surface area contributed by atoms with Crippen LogP contribution in [0.3, 0.4) is 0 Å². The molecule has 0 saturated heterocycles. The number of phenolic OH excluding ortho intramolecular Hbond substituents is 1. The summed E-state index contributed by atoms with van der Waals surface area (Å²) in [5, 5.41) is 18.3. The number of sulfonamides is 1. The van der Waals surface area contributed by atoms with E-state index in [4.69, 9.17) is 5.11 Å². The molecule has 1 aromatic rings. The molecule has 0 aliphatic carbocycles. The first-order valence-electron chi connectivity index (χ1n) is 6.21. The van der Waals surface area contributed by atoms with Crippen LogP contribution in [0, 0.1) is 0 Å². The molecule has 6 nitrogen and oxygen atoms in total. The van der Waals surface area contributed by atoms with Gasteiger partial charge >= 0.3 is 5.97 Å². The Morgan fingerprint density at radius 1 is 1.35 bits per heavy atom.